The molecule has 4 rings (SSSR count). The van der Waals surface area contributed by atoms with E-state index in [0.717, 1.165) is 33.2 Å². The Labute approximate surface area is 205 Å². The molecule has 0 atom stereocenters. The summed E-state index contributed by atoms with van der Waals surface area (Å²) >= 11 is 19.6. The Hall–Kier alpha value is -2.51. The molecule has 4 aromatic rings. The van der Waals surface area contributed by atoms with Gasteiger partial charge in [0.05, 0.1) is 6.21 Å². The van der Waals surface area contributed by atoms with Crippen LogP contribution in [-0.4, -0.2) is 21.1 Å². The van der Waals surface area contributed by atoms with Crippen molar-refractivity contribution in [2.45, 2.75) is 17.5 Å². The van der Waals surface area contributed by atoms with Gasteiger partial charge in [0.25, 0.3) is 0 Å². The first-order valence-corrected chi connectivity index (χ1v) is 11.7. The number of thioether (sulfide) groups is 1. The molecule has 0 unspecified atom stereocenters. The van der Waals surface area contributed by atoms with Crippen molar-refractivity contribution in [3.8, 4) is 5.75 Å². The molecule has 1 heterocycles. The summed E-state index contributed by atoms with van der Waals surface area (Å²) < 4.78 is 7.46. The zero-order chi connectivity index (χ0) is 22.3. The van der Waals surface area contributed by atoms with Crippen molar-refractivity contribution in [2.24, 2.45) is 5.10 Å². The maximum atomic E-state index is 6.19. The van der Waals surface area contributed by atoms with E-state index in [1.807, 2.05) is 54.6 Å². The van der Waals surface area contributed by atoms with Crippen LogP contribution in [0.1, 0.15) is 16.7 Å². The summed E-state index contributed by atoms with van der Waals surface area (Å²) in [6.45, 7) is 0.359. The van der Waals surface area contributed by atoms with Gasteiger partial charge in [-0.1, -0.05) is 64.8 Å². The standard InChI is InChI=1S/C23H17Cl3N4OS/c24-19-6-1-17(2-7-19)14-32-23-29-27-15-30(23)28-12-16-3-9-21(10-4-16)31-13-18-5-8-20(25)11-22(18)26/h1-12,15H,13-14H2/b28-12+. The van der Waals surface area contributed by atoms with E-state index in [0.29, 0.717) is 21.8 Å². The second-order valence-corrected chi connectivity index (χ2v) is 8.93. The van der Waals surface area contributed by atoms with Crippen LogP contribution in [0.3, 0.4) is 0 Å². The van der Waals surface area contributed by atoms with Crippen molar-refractivity contribution in [1.82, 2.24) is 14.9 Å². The molecule has 5 nitrogen and oxygen atoms in total. The highest BCUT2D eigenvalue weighted by atomic mass is 35.5. The second kappa shape index (κ2) is 10.9. The summed E-state index contributed by atoms with van der Waals surface area (Å²) in [6.07, 6.45) is 3.32. The Morgan fingerprint density at radius 2 is 1.69 bits per heavy atom. The SMILES string of the molecule is Clc1ccc(CSc2nncn2/N=C/c2ccc(OCc3ccc(Cl)cc3Cl)cc2)cc1. The number of ether oxygens (including phenoxy) is 1. The van der Waals surface area contributed by atoms with Crippen LogP contribution >= 0.6 is 46.6 Å². The fraction of sp³-hybridized carbons (Fsp3) is 0.0870. The van der Waals surface area contributed by atoms with E-state index in [1.165, 1.54) is 0 Å². The third-order valence-electron chi connectivity index (χ3n) is 4.40. The Morgan fingerprint density at radius 3 is 2.44 bits per heavy atom. The molecular weight excluding hydrogens is 487 g/mol. The van der Waals surface area contributed by atoms with Crippen molar-refractivity contribution in [1.29, 1.82) is 0 Å². The smallest absolute Gasteiger partial charge is 0.212 e. The monoisotopic (exact) mass is 502 g/mol. The number of halogens is 3. The van der Waals surface area contributed by atoms with E-state index < -0.39 is 0 Å². The molecule has 0 aliphatic rings. The fourth-order valence-corrected chi connectivity index (χ4v) is 4.11. The van der Waals surface area contributed by atoms with Gasteiger partial charge < -0.3 is 4.74 Å². The summed E-state index contributed by atoms with van der Waals surface area (Å²) in [5.41, 5.74) is 2.94. The van der Waals surface area contributed by atoms with Gasteiger partial charge in [-0.05, 0) is 59.7 Å². The van der Waals surface area contributed by atoms with Crippen molar-refractivity contribution in [3.05, 3.63) is 105 Å². The minimum atomic E-state index is 0.359. The molecule has 0 aliphatic carbocycles. The Balaban J connectivity index is 1.34. The van der Waals surface area contributed by atoms with Crippen molar-refractivity contribution >= 4 is 52.8 Å². The number of aromatic nitrogens is 3. The fourth-order valence-electron chi connectivity index (χ4n) is 2.70. The maximum absolute atomic E-state index is 6.19. The summed E-state index contributed by atoms with van der Waals surface area (Å²) in [7, 11) is 0. The lowest BCUT2D eigenvalue weighted by Crippen LogP contribution is -1.97. The zero-order valence-electron chi connectivity index (χ0n) is 16.7. The van der Waals surface area contributed by atoms with Gasteiger partial charge in [0, 0.05) is 26.4 Å². The second-order valence-electron chi connectivity index (χ2n) is 6.71. The van der Waals surface area contributed by atoms with Gasteiger partial charge >= 0.3 is 0 Å². The molecule has 32 heavy (non-hydrogen) atoms. The van der Waals surface area contributed by atoms with Crippen molar-refractivity contribution in [3.63, 3.8) is 0 Å². The number of rotatable bonds is 8. The minimum absolute atomic E-state index is 0.359. The molecule has 162 valence electrons. The largest absolute Gasteiger partial charge is 0.489 e. The lowest BCUT2D eigenvalue weighted by Gasteiger charge is -2.08. The van der Waals surface area contributed by atoms with Gasteiger partial charge in [0.1, 0.15) is 18.7 Å². The first-order valence-electron chi connectivity index (χ1n) is 9.55. The molecule has 0 amide bonds. The summed E-state index contributed by atoms with van der Waals surface area (Å²) in [6, 6.07) is 20.7. The number of nitrogens with zero attached hydrogens (tertiary/aromatic N) is 4. The van der Waals surface area contributed by atoms with Crippen LogP contribution in [0.25, 0.3) is 0 Å². The van der Waals surface area contributed by atoms with Crippen LogP contribution in [0.15, 0.2) is 83.3 Å². The van der Waals surface area contributed by atoms with E-state index in [2.05, 4.69) is 15.3 Å². The van der Waals surface area contributed by atoms with E-state index >= 15 is 0 Å². The zero-order valence-corrected chi connectivity index (χ0v) is 19.7. The van der Waals surface area contributed by atoms with Crippen LogP contribution in [0.2, 0.25) is 15.1 Å². The van der Waals surface area contributed by atoms with Gasteiger partial charge in [-0.15, -0.1) is 10.2 Å². The third-order valence-corrected chi connectivity index (χ3v) is 6.25. The van der Waals surface area contributed by atoms with E-state index in [-0.39, 0.29) is 0 Å². The number of hydrogen-bond donors (Lipinski definition) is 0. The molecule has 9 heteroatoms. The van der Waals surface area contributed by atoms with E-state index in [1.54, 1.807) is 41.1 Å². The van der Waals surface area contributed by atoms with E-state index in [9.17, 15) is 0 Å². The molecule has 3 aromatic carbocycles. The molecule has 0 aliphatic heterocycles. The maximum Gasteiger partial charge on any atom is 0.212 e. The predicted octanol–water partition coefficient (Wildman–Crippen LogP) is 6.99. The average molecular weight is 504 g/mol. The quantitative estimate of drug-likeness (QED) is 0.192. The van der Waals surface area contributed by atoms with E-state index in [4.69, 9.17) is 39.5 Å². The third kappa shape index (κ3) is 6.26. The Bertz CT molecular complexity index is 1210. The lowest BCUT2D eigenvalue weighted by molar-refractivity contribution is 0.306. The van der Waals surface area contributed by atoms with Crippen LogP contribution in [0.4, 0.5) is 0 Å². The minimum Gasteiger partial charge on any atom is -0.489 e. The summed E-state index contributed by atoms with van der Waals surface area (Å²) in [5, 5.41) is 15.2. The first-order chi connectivity index (χ1) is 15.6. The average Bonchev–Trinajstić information content (AvgIpc) is 3.25. The Morgan fingerprint density at radius 1 is 0.938 bits per heavy atom. The molecule has 0 N–H and O–H groups in total. The molecule has 0 saturated heterocycles. The number of benzene rings is 3. The molecule has 1 aromatic heterocycles. The van der Waals surface area contributed by atoms with Crippen LogP contribution in [0, 0.1) is 0 Å². The highest BCUT2D eigenvalue weighted by molar-refractivity contribution is 7.98. The molecular formula is C23H17Cl3N4OS. The molecule has 0 spiro atoms. The normalized spacial score (nSPS) is 11.2. The van der Waals surface area contributed by atoms with Gasteiger partial charge in [-0.3, -0.25) is 0 Å². The highest BCUT2D eigenvalue weighted by Gasteiger charge is 2.05. The van der Waals surface area contributed by atoms with Crippen LogP contribution in [-0.2, 0) is 12.4 Å². The van der Waals surface area contributed by atoms with Gasteiger partial charge in [-0.2, -0.15) is 9.78 Å². The topological polar surface area (TPSA) is 52.3 Å². The van der Waals surface area contributed by atoms with Crippen LogP contribution in [0.5, 0.6) is 5.75 Å². The first kappa shape index (κ1) is 22.7. The molecule has 0 saturated carbocycles. The predicted molar refractivity (Wildman–Crippen MR) is 131 cm³/mol. The summed E-state index contributed by atoms with van der Waals surface area (Å²) in [5.74, 6) is 1.48. The number of hydrogen-bond acceptors (Lipinski definition) is 5. The molecule has 0 fully saturated rings. The van der Waals surface area contributed by atoms with Gasteiger partial charge in [0.2, 0.25) is 5.16 Å². The van der Waals surface area contributed by atoms with Gasteiger partial charge in [0.15, 0.2) is 0 Å². The van der Waals surface area contributed by atoms with Gasteiger partial charge in [-0.25, -0.2) is 0 Å². The molecule has 0 bridgehead atoms. The van der Waals surface area contributed by atoms with Crippen LogP contribution < -0.4 is 4.74 Å². The van der Waals surface area contributed by atoms with Crippen molar-refractivity contribution in [2.75, 3.05) is 0 Å². The highest BCUT2D eigenvalue weighted by Crippen LogP contribution is 2.23. The summed E-state index contributed by atoms with van der Waals surface area (Å²) in [4.78, 5) is 0. The lowest BCUT2D eigenvalue weighted by atomic mass is 10.2. The van der Waals surface area contributed by atoms with Crippen molar-refractivity contribution < 1.29 is 4.74 Å². The Kier molecular flexibility index (Phi) is 7.71. The molecule has 0 radical (unpaired) electrons.